The van der Waals surface area contributed by atoms with Gasteiger partial charge >= 0.3 is 0 Å². The molecule has 1 aromatic carbocycles. The Balaban J connectivity index is 2.15. The van der Waals surface area contributed by atoms with Crippen LogP contribution in [-0.2, 0) is 6.54 Å². The molecule has 0 aliphatic heterocycles. The molecule has 118 valence electrons. The van der Waals surface area contributed by atoms with Crippen LogP contribution < -0.4 is 10.5 Å². The summed E-state index contributed by atoms with van der Waals surface area (Å²) in [5, 5.41) is 10.3. The van der Waals surface area contributed by atoms with Crippen LogP contribution in [0.4, 0.5) is 0 Å². The topological polar surface area (TPSA) is 58.7 Å². The van der Waals surface area contributed by atoms with E-state index in [0.29, 0.717) is 17.7 Å². The van der Waals surface area contributed by atoms with Gasteiger partial charge < -0.3 is 15.6 Å². The van der Waals surface area contributed by atoms with Crippen LogP contribution in [0.15, 0.2) is 18.2 Å². The van der Waals surface area contributed by atoms with Crippen LogP contribution in [0.1, 0.15) is 38.2 Å². The predicted octanol–water partition coefficient (Wildman–Crippen LogP) is 2.74. The Morgan fingerprint density at radius 2 is 2.10 bits per heavy atom. The van der Waals surface area contributed by atoms with E-state index < -0.39 is 0 Å². The van der Waals surface area contributed by atoms with Crippen molar-refractivity contribution in [3.8, 4) is 11.5 Å². The molecule has 1 fully saturated rings. The molecule has 2 rings (SSSR count). The Labute approximate surface area is 127 Å². The van der Waals surface area contributed by atoms with Crippen molar-refractivity contribution >= 4 is 0 Å². The number of nitrogens with zero attached hydrogens (tertiary/aromatic N) is 1. The zero-order valence-electron chi connectivity index (χ0n) is 13.2. The van der Waals surface area contributed by atoms with Gasteiger partial charge in [0.05, 0.1) is 7.11 Å². The minimum Gasteiger partial charge on any atom is -0.504 e. The molecule has 3 N–H and O–H groups in total. The van der Waals surface area contributed by atoms with Crippen molar-refractivity contribution in [1.82, 2.24) is 4.90 Å². The highest BCUT2D eigenvalue weighted by molar-refractivity contribution is 5.45. The van der Waals surface area contributed by atoms with Crippen molar-refractivity contribution < 1.29 is 9.84 Å². The fourth-order valence-corrected chi connectivity index (χ4v) is 3.49. The number of nitrogens with two attached hydrogens (primary N) is 1. The Hall–Kier alpha value is -1.26. The van der Waals surface area contributed by atoms with E-state index in [0.717, 1.165) is 25.2 Å². The molecule has 0 amide bonds. The van der Waals surface area contributed by atoms with Gasteiger partial charge in [-0.25, -0.2) is 0 Å². The lowest BCUT2D eigenvalue weighted by Crippen LogP contribution is -2.44. The summed E-state index contributed by atoms with van der Waals surface area (Å²) in [4.78, 5) is 2.45. The van der Waals surface area contributed by atoms with E-state index in [1.54, 1.807) is 13.2 Å². The highest BCUT2D eigenvalue weighted by Gasteiger charge is 2.29. The van der Waals surface area contributed by atoms with E-state index in [1.807, 2.05) is 12.1 Å². The van der Waals surface area contributed by atoms with Crippen LogP contribution in [0.5, 0.6) is 11.5 Å². The standard InChI is InChI=1S/C17H28N2O2/c1-3-19(15-9-5-4-7-13(15)11-18)12-14-8-6-10-16(21-2)17(14)20/h6,8,10,13,15,20H,3-5,7,9,11-12,18H2,1-2H3. The number of hydrogen-bond donors (Lipinski definition) is 2. The monoisotopic (exact) mass is 292 g/mol. The highest BCUT2D eigenvalue weighted by atomic mass is 16.5. The molecule has 0 bridgehead atoms. The number of rotatable bonds is 6. The zero-order chi connectivity index (χ0) is 15.2. The van der Waals surface area contributed by atoms with Gasteiger partial charge in [0.1, 0.15) is 0 Å². The second-order valence-corrected chi connectivity index (χ2v) is 5.88. The number of aromatic hydroxyl groups is 1. The Bertz CT molecular complexity index is 450. The van der Waals surface area contributed by atoms with E-state index in [4.69, 9.17) is 10.5 Å². The SMILES string of the molecule is CCN(Cc1cccc(OC)c1O)C1CCCCC1CN. The molecule has 1 aliphatic rings. The molecule has 1 saturated carbocycles. The maximum absolute atomic E-state index is 10.3. The van der Waals surface area contributed by atoms with Crippen LogP contribution >= 0.6 is 0 Å². The lowest BCUT2D eigenvalue weighted by Gasteiger charge is -2.39. The van der Waals surface area contributed by atoms with Gasteiger partial charge in [-0.05, 0) is 37.9 Å². The Morgan fingerprint density at radius 3 is 2.76 bits per heavy atom. The summed E-state index contributed by atoms with van der Waals surface area (Å²) in [7, 11) is 1.59. The van der Waals surface area contributed by atoms with Gasteiger partial charge in [0.2, 0.25) is 0 Å². The number of methoxy groups -OCH3 is 1. The number of phenols is 1. The molecule has 4 nitrogen and oxygen atoms in total. The summed E-state index contributed by atoms with van der Waals surface area (Å²) in [6, 6.07) is 6.22. The van der Waals surface area contributed by atoms with Crippen molar-refractivity contribution in [2.24, 2.45) is 11.7 Å². The minimum absolute atomic E-state index is 0.263. The highest BCUT2D eigenvalue weighted by Crippen LogP contribution is 2.33. The number of phenolic OH excluding ortho intramolecular Hbond substituents is 1. The molecule has 0 saturated heterocycles. The van der Waals surface area contributed by atoms with Crippen LogP contribution in [0.2, 0.25) is 0 Å². The number of para-hydroxylation sites is 1. The number of hydrogen-bond acceptors (Lipinski definition) is 4. The fraction of sp³-hybridized carbons (Fsp3) is 0.647. The summed E-state index contributed by atoms with van der Waals surface area (Å²) in [6.45, 7) is 4.66. The van der Waals surface area contributed by atoms with Crippen molar-refractivity contribution in [2.45, 2.75) is 45.2 Å². The van der Waals surface area contributed by atoms with Gasteiger partial charge in [-0.15, -0.1) is 0 Å². The van der Waals surface area contributed by atoms with Crippen LogP contribution in [0, 0.1) is 5.92 Å². The molecular weight excluding hydrogens is 264 g/mol. The summed E-state index contributed by atoms with van der Waals surface area (Å²) >= 11 is 0. The molecule has 0 aromatic heterocycles. The Kier molecular flexibility index (Phi) is 5.88. The quantitative estimate of drug-likeness (QED) is 0.846. The number of benzene rings is 1. The predicted molar refractivity (Wildman–Crippen MR) is 85.5 cm³/mol. The van der Waals surface area contributed by atoms with Crippen molar-refractivity contribution in [3.05, 3.63) is 23.8 Å². The van der Waals surface area contributed by atoms with E-state index in [9.17, 15) is 5.11 Å². The Morgan fingerprint density at radius 1 is 1.33 bits per heavy atom. The third-order valence-electron chi connectivity index (χ3n) is 4.72. The van der Waals surface area contributed by atoms with Crippen molar-refractivity contribution in [3.63, 3.8) is 0 Å². The van der Waals surface area contributed by atoms with Crippen molar-refractivity contribution in [2.75, 3.05) is 20.2 Å². The normalized spacial score (nSPS) is 22.5. The minimum atomic E-state index is 0.263. The van der Waals surface area contributed by atoms with Gasteiger partial charge in [0.15, 0.2) is 11.5 Å². The van der Waals surface area contributed by atoms with Gasteiger partial charge in [-0.3, -0.25) is 4.90 Å². The fourth-order valence-electron chi connectivity index (χ4n) is 3.49. The first-order valence-electron chi connectivity index (χ1n) is 8.00. The second kappa shape index (κ2) is 7.66. The second-order valence-electron chi connectivity index (χ2n) is 5.88. The smallest absolute Gasteiger partial charge is 0.162 e. The van der Waals surface area contributed by atoms with Crippen LogP contribution in [-0.4, -0.2) is 36.2 Å². The third kappa shape index (κ3) is 3.69. The lowest BCUT2D eigenvalue weighted by atomic mass is 9.83. The maximum Gasteiger partial charge on any atom is 0.162 e. The molecule has 1 aliphatic carbocycles. The third-order valence-corrected chi connectivity index (χ3v) is 4.72. The summed E-state index contributed by atoms with van der Waals surface area (Å²) < 4.78 is 5.20. The average Bonchev–Trinajstić information content (AvgIpc) is 2.54. The van der Waals surface area contributed by atoms with E-state index in [1.165, 1.54) is 25.7 Å². The molecule has 0 spiro atoms. The summed E-state index contributed by atoms with van der Waals surface area (Å²) in [6.07, 6.45) is 5.00. The zero-order valence-corrected chi connectivity index (χ0v) is 13.2. The van der Waals surface area contributed by atoms with Gasteiger partial charge in [0.25, 0.3) is 0 Å². The first-order chi connectivity index (χ1) is 10.2. The first kappa shape index (κ1) is 16.1. The molecular formula is C17H28N2O2. The molecule has 21 heavy (non-hydrogen) atoms. The van der Waals surface area contributed by atoms with Gasteiger partial charge in [-0.1, -0.05) is 31.9 Å². The number of ether oxygens (including phenoxy) is 1. The molecule has 4 heteroatoms. The van der Waals surface area contributed by atoms with Crippen LogP contribution in [0.3, 0.4) is 0 Å². The lowest BCUT2D eigenvalue weighted by molar-refractivity contribution is 0.104. The van der Waals surface area contributed by atoms with E-state index in [2.05, 4.69) is 11.8 Å². The van der Waals surface area contributed by atoms with Gasteiger partial charge in [0, 0.05) is 18.2 Å². The van der Waals surface area contributed by atoms with Gasteiger partial charge in [-0.2, -0.15) is 0 Å². The average molecular weight is 292 g/mol. The maximum atomic E-state index is 10.3. The first-order valence-corrected chi connectivity index (χ1v) is 8.00. The molecule has 0 radical (unpaired) electrons. The molecule has 2 unspecified atom stereocenters. The molecule has 0 heterocycles. The van der Waals surface area contributed by atoms with E-state index in [-0.39, 0.29) is 5.75 Å². The van der Waals surface area contributed by atoms with Crippen molar-refractivity contribution in [1.29, 1.82) is 0 Å². The van der Waals surface area contributed by atoms with Crippen LogP contribution in [0.25, 0.3) is 0 Å². The molecule has 1 aromatic rings. The largest absolute Gasteiger partial charge is 0.504 e. The summed E-state index contributed by atoms with van der Waals surface area (Å²) in [5.74, 6) is 1.38. The molecule has 2 atom stereocenters. The summed E-state index contributed by atoms with van der Waals surface area (Å²) in [5.41, 5.74) is 6.89. The van der Waals surface area contributed by atoms with E-state index >= 15 is 0 Å².